The van der Waals surface area contributed by atoms with Gasteiger partial charge in [-0.15, -0.1) is 0 Å². The van der Waals surface area contributed by atoms with Gasteiger partial charge in [0.05, 0.1) is 23.3 Å². The molecule has 0 bridgehead atoms. The van der Waals surface area contributed by atoms with Crippen molar-refractivity contribution in [3.63, 3.8) is 0 Å². The van der Waals surface area contributed by atoms with E-state index >= 15 is 0 Å². The van der Waals surface area contributed by atoms with Crippen LogP contribution in [0, 0.1) is 6.92 Å². The molecular formula is C22H25ClN4O4S. The van der Waals surface area contributed by atoms with Gasteiger partial charge in [0, 0.05) is 12.1 Å². The number of rotatable bonds is 7. The first-order valence-electron chi connectivity index (χ1n) is 9.96. The lowest BCUT2D eigenvalue weighted by Gasteiger charge is -2.30. The third-order valence-corrected chi connectivity index (χ3v) is 6.65. The first-order valence-corrected chi connectivity index (χ1v) is 12.2. The molecule has 0 spiro atoms. The fraction of sp³-hybridized carbons (Fsp3) is 0.273. The molecule has 0 aliphatic carbocycles. The van der Waals surface area contributed by atoms with Gasteiger partial charge in [-0.2, -0.15) is 0 Å². The Hall–Kier alpha value is -3.04. The second-order valence-electron chi connectivity index (χ2n) is 7.39. The van der Waals surface area contributed by atoms with Crippen LogP contribution in [-0.2, 0) is 21.9 Å². The van der Waals surface area contributed by atoms with Crippen molar-refractivity contribution in [1.82, 2.24) is 9.36 Å². The van der Waals surface area contributed by atoms with Gasteiger partial charge in [-0.1, -0.05) is 36.7 Å². The molecule has 1 aromatic heterocycles. The molecule has 0 aliphatic rings. The van der Waals surface area contributed by atoms with Gasteiger partial charge in [0.2, 0.25) is 15.9 Å². The molecule has 1 N–H and O–H groups in total. The van der Waals surface area contributed by atoms with Crippen LogP contribution in [-0.4, -0.2) is 36.0 Å². The Kier molecular flexibility index (Phi) is 6.80. The van der Waals surface area contributed by atoms with Crippen molar-refractivity contribution in [2.24, 2.45) is 7.05 Å². The predicted octanol–water partition coefficient (Wildman–Crippen LogP) is 3.32. The summed E-state index contributed by atoms with van der Waals surface area (Å²) in [5, 5.41) is 3.11. The van der Waals surface area contributed by atoms with Crippen LogP contribution >= 0.6 is 11.6 Å². The fourth-order valence-corrected chi connectivity index (χ4v) is 4.90. The average molecular weight is 477 g/mol. The Morgan fingerprint density at radius 2 is 1.72 bits per heavy atom. The van der Waals surface area contributed by atoms with Crippen LogP contribution in [0.25, 0.3) is 5.69 Å². The molecule has 32 heavy (non-hydrogen) atoms. The summed E-state index contributed by atoms with van der Waals surface area (Å²) in [6.45, 7) is 3.42. The molecule has 2 aromatic carbocycles. The number of benzene rings is 2. The highest BCUT2D eigenvalue weighted by molar-refractivity contribution is 7.92. The molecule has 0 saturated heterocycles. The van der Waals surface area contributed by atoms with Crippen molar-refractivity contribution in [2.75, 3.05) is 15.9 Å². The number of sulfonamides is 1. The van der Waals surface area contributed by atoms with Crippen molar-refractivity contribution in [1.29, 1.82) is 0 Å². The van der Waals surface area contributed by atoms with Gasteiger partial charge in [0.25, 0.3) is 5.56 Å². The minimum Gasteiger partial charge on any atom is -0.318 e. The van der Waals surface area contributed by atoms with Gasteiger partial charge < -0.3 is 5.32 Å². The van der Waals surface area contributed by atoms with E-state index in [1.165, 1.54) is 16.8 Å². The van der Waals surface area contributed by atoms with E-state index in [0.717, 1.165) is 10.6 Å². The summed E-state index contributed by atoms with van der Waals surface area (Å²) in [6.07, 6.45) is 1.23. The van der Waals surface area contributed by atoms with E-state index in [9.17, 15) is 18.0 Å². The molecule has 0 saturated carbocycles. The Morgan fingerprint density at radius 3 is 2.25 bits per heavy atom. The second-order valence-corrected chi connectivity index (χ2v) is 9.68. The molecule has 3 rings (SSSR count). The molecule has 10 heteroatoms. The smallest absolute Gasteiger partial charge is 0.295 e. The number of para-hydroxylation sites is 1. The monoisotopic (exact) mass is 476 g/mol. The molecular weight excluding hydrogens is 452 g/mol. The van der Waals surface area contributed by atoms with Crippen molar-refractivity contribution in [2.45, 2.75) is 26.3 Å². The fourth-order valence-electron chi connectivity index (χ4n) is 3.57. The number of amides is 1. The molecule has 1 unspecified atom stereocenters. The second kappa shape index (κ2) is 9.22. The Bertz CT molecular complexity index is 1280. The Labute approximate surface area is 192 Å². The summed E-state index contributed by atoms with van der Waals surface area (Å²) < 4.78 is 29.3. The number of carbonyl (C=O) groups is 1. The Morgan fingerprint density at radius 1 is 1.12 bits per heavy atom. The maximum absolute atomic E-state index is 13.2. The van der Waals surface area contributed by atoms with Gasteiger partial charge in [0.1, 0.15) is 11.7 Å². The van der Waals surface area contributed by atoms with Gasteiger partial charge in [-0.25, -0.2) is 13.1 Å². The highest BCUT2D eigenvalue weighted by atomic mass is 35.5. The number of halogens is 1. The average Bonchev–Trinajstić information content (AvgIpc) is 2.95. The van der Waals surface area contributed by atoms with E-state index in [1.54, 1.807) is 49.8 Å². The molecule has 1 heterocycles. The van der Waals surface area contributed by atoms with Gasteiger partial charge in [-0.3, -0.25) is 18.6 Å². The van der Waals surface area contributed by atoms with Gasteiger partial charge in [0.15, 0.2) is 0 Å². The number of nitrogens with one attached hydrogen (secondary N) is 1. The van der Waals surface area contributed by atoms with E-state index in [0.29, 0.717) is 22.1 Å². The van der Waals surface area contributed by atoms with E-state index < -0.39 is 27.5 Å². The summed E-state index contributed by atoms with van der Waals surface area (Å²) in [5.41, 5.74) is 1.19. The third kappa shape index (κ3) is 4.58. The summed E-state index contributed by atoms with van der Waals surface area (Å²) in [5.74, 6) is -0.598. The minimum atomic E-state index is -3.80. The number of nitrogens with zero attached hydrogens (tertiary/aromatic N) is 3. The zero-order valence-electron chi connectivity index (χ0n) is 18.2. The lowest BCUT2D eigenvalue weighted by atomic mass is 10.2. The van der Waals surface area contributed by atoms with E-state index in [2.05, 4.69) is 5.32 Å². The highest BCUT2D eigenvalue weighted by Gasteiger charge is 2.32. The summed E-state index contributed by atoms with van der Waals surface area (Å²) in [4.78, 5) is 26.3. The summed E-state index contributed by atoms with van der Waals surface area (Å²) in [7, 11) is -2.09. The van der Waals surface area contributed by atoms with Crippen molar-refractivity contribution >= 4 is 38.9 Å². The van der Waals surface area contributed by atoms with Crippen LogP contribution in [0.5, 0.6) is 0 Å². The van der Waals surface area contributed by atoms with E-state index in [1.807, 2.05) is 18.2 Å². The zero-order valence-corrected chi connectivity index (χ0v) is 19.8. The molecule has 3 aromatic rings. The van der Waals surface area contributed by atoms with Crippen molar-refractivity contribution in [3.8, 4) is 5.69 Å². The van der Waals surface area contributed by atoms with Crippen molar-refractivity contribution < 1.29 is 13.2 Å². The van der Waals surface area contributed by atoms with Crippen molar-refractivity contribution in [3.05, 3.63) is 75.7 Å². The number of hydrogen-bond donors (Lipinski definition) is 1. The van der Waals surface area contributed by atoms with Gasteiger partial charge >= 0.3 is 0 Å². The number of anilines is 2. The van der Waals surface area contributed by atoms with E-state index in [4.69, 9.17) is 11.6 Å². The quantitative estimate of drug-likeness (QED) is 0.566. The standard InChI is InChI=1S/C22H25ClN4O4S/c1-5-19(27(32(4,30)31)18-13-11-16(23)12-14-18)21(28)24-20-15(2)25(3)26(22(20)29)17-9-7-6-8-10-17/h6-14,19H,5H2,1-4H3,(H,24,28). The van der Waals surface area contributed by atoms with Crippen LogP contribution in [0.1, 0.15) is 19.0 Å². The maximum atomic E-state index is 13.2. The lowest BCUT2D eigenvalue weighted by molar-refractivity contribution is -0.117. The number of hydrogen-bond acceptors (Lipinski definition) is 4. The van der Waals surface area contributed by atoms with E-state index in [-0.39, 0.29) is 12.1 Å². The molecule has 0 aliphatic heterocycles. The topological polar surface area (TPSA) is 93.4 Å². The first-order chi connectivity index (χ1) is 15.1. The predicted molar refractivity (Wildman–Crippen MR) is 127 cm³/mol. The Balaban J connectivity index is 2.01. The maximum Gasteiger partial charge on any atom is 0.295 e. The lowest BCUT2D eigenvalue weighted by Crippen LogP contribution is -2.47. The van der Waals surface area contributed by atoms with Gasteiger partial charge in [-0.05, 0) is 49.7 Å². The normalized spacial score (nSPS) is 12.4. The molecule has 1 amide bonds. The number of carbonyl (C=O) groups excluding carboxylic acids is 1. The zero-order chi connectivity index (χ0) is 23.6. The highest BCUT2D eigenvalue weighted by Crippen LogP contribution is 2.25. The largest absolute Gasteiger partial charge is 0.318 e. The third-order valence-electron chi connectivity index (χ3n) is 5.21. The minimum absolute atomic E-state index is 0.101. The molecule has 0 radical (unpaired) electrons. The SMILES string of the molecule is CCC(C(=O)Nc1c(C)n(C)n(-c2ccccc2)c1=O)N(c1ccc(Cl)cc1)S(C)(=O)=O. The van der Waals surface area contributed by atoms with Crippen LogP contribution in [0.4, 0.5) is 11.4 Å². The molecule has 170 valence electrons. The van der Waals surface area contributed by atoms with Crippen LogP contribution < -0.4 is 15.2 Å². The van der Waals surface area contributed by atoms with Crippen LogP contribution in [0.15, 0.2) is 59.4 Å². The number of aromatic nitrogens is 2. The molecule has 8 nitrogen and oxygen atoms in total. The molecule has 1 atom stereocenters. The molecule has 0 fully saturated rings. The first kappa shape index (κ1) is 23.6. The van der Waals surface area contributed by atoms with Crippen LogP contribution in [0.2, 0.25) is 5.02 Å². The van der Waals surface area contributed by atoms with Crippen LogP contribution in [0.3, 0.4) is 0 Å². The summed E-state index contributed by atoms with van der Waals surface area (Å²) >= 11 is 5.93. The summed E-state index contributed by atoms with van der Waals surface area (Å²) in [6, 6.07) is 14.2.